The fourth-order valence-electron chi connectivity index (χ4n) is 1.25. The van der Waals surface area contributed by atoms with Crippen LogP contribution in [0.5, 0.6) is 0 Å². The lowest BCUT2D eigenvalue weighted by atomic mass is 10.1. The summed E-state index contributed by atoms with van der Waals surface area (Å²) in [5.41, 5.74) is 1.21. The fraction of sp³-hybridized carbons (Fsp3) is 0.364. The highest BCUT2D eigenvalue weighted by molar-refractivity contribution is 5.18. The first-order valence-electron chi connectivity index (χ1n) is 4.44. The number of rotatable bonds is 3. The lowest BCUT2D eigenvalue weighted by molar-refractivity contribution is 0.543. The maximum atomic E-state index is 8.62. The molecule has 0 bridgehead atoms. The van der Waals surface area contributed by atoms with Crippen molar-refractivity contribution >= 4 is 0 Å². The zero-order chi connectivity index (χ0) is 9.68. The van der Waals surface area contributed by atoms with E-state index in [0.29, 0.717) is 0 Å². The third-order valence-corrected chi connectivity index (χ3v) is 1.99. The molecule has 0 fully saturated rings. The molecule has 1 aromatic carbocycles. The molecule has 0 aromatic heterocycles. The van der Waals surface area contributed by atoms with Gasteiger partial charge in [0.15, 0.2) is 0 Å². The van der Waals surface area contributed by atoms with Gasteiger partial charge in [-0.2, -0.15) is 5.26 Å². The second kappa shape index (κ2) is 4.64. The Morgan fingerprint density at radius 3 is 2.38 bits per heavy atom. The van der Waals surface area contributed by atoms with E-state index in [-0.39, 0.29) is 12.1 Å². The molecule has 0 unspecified atom stereocenters. The molecule has 0 aliphatic carbocycles. The Bertz CT molecular complexity index is 287. The maximum absolute atomic E-state index is 8.62. The van der Waals surface area contributed by atoms with Crippen LogP contribution in [0.1, 0.15) is 25.5 Å². The van der Waals surface area contributed by atoms with E-state index < -0.39 is 0 Å². The van der Waals surface area contributed by atoms with Crippen molar-refractivity contribution < 1.29 is 0 Å². The van der Waals surface area contributed by atoms with Gasteiger partial charge >= 0.3 is 0 Å². The maximum Gasteiger partial charge on any atom is 0.0929 e. The molecule has 2 nitrogen and oxygen atoms in total. The summed E-state index contributed by atoms with van der Waals surface area (Å²) in [5, 5.41) is 11.8. The minimum Gasteiger partial charge on any atom is -0.296 e. The average Bonchev–Trinajstić information content (AvgIpc) is 2.19. The Labute approximate surface area is 79.2 Å². The third kappa shape index (κ3) is 2.89. The van der Waals surface area contributed by atoms with E-state index in [1.54, 1.807) is 0 Å². The predicted octanol–water partition coefficient (Wildman–Crippen LogP) is 2.25. The average molecular weight is 174 g/mol. The summed E-state index contributed by atoms with van der Waals surface area (Å²) in [4.78, 5) is 0. The molecule has 1 N–H and O–H groups in total. The van der Waals surface area contributed by atoms with Crippen molar-refractivity contribution in [3.63, 3.8) is 0 Å². The van der Waals surface area contributed by atoms with Crippen molar-refractivity contribution in [2.45, 2.75) is 25.9 Å². The Hall–Kier alpha value is -1.33. The van der Waals surface area contributed by atoms with Gasteiger partial charge in [0.05, 0.1) is 12.1 Å². The van der Waals surface area contributed by atoms with Crippen molar-refractivity contribution in [3.8, 4) is 6.07 Å². The first-order valence-corrected chi connectivity index (χ1v) is 4.44. The molecule has 0 amide bonds. The summed E-state index contributed by atoms with van der Waals surface area (Å²) in [7, 11) is 0. The first-order chi connectivity index (χ1) is 6.24. The van der Waals surface area contributed by atoms with E-state index in [1.807, 2.05) is 25.1 Å². The smallest absolute Gasteiger partial charge is 0.0929 e. The Morgan fingerprint density at radius 1 is 1.23 bits per heavy atom. The van der Waals surface area contributed by atoms with Crippen LogP contribution in [0.3, 0.4) is 0 Å². The van der Waals surface area contributed by atoms with Crippen LogP contribution in [0, 0.1) is 11.3 Å². The highest BCUT2D eigenvalue weighted by Gasteiger charge is 2.06. The van der Waals surface area contributed by atoms with Gasteiger partial charge < -0.3 is 0 Å². The van der Waals surface area contributed by atoms with Crippen LogP contribution in [0.4, 0.5) is 0 Å². The lowest BCUT2D eigenvalue weighted by Crippen LogP contribution is -2.27. The molecule has 2 atom stereocenters. The van der Waals surface area contributed by atoms with Crippen molar-refractivity contribution in [2.75, 3.05) is 0 Å². The monoisotopic (exact) mass is 174 g/mol. The predicted molar refractivity (Wildman–Crippen MR) is 53.1 cm³/mol. The molecule has 0 heterocycles. The Morgan fingerprint density at radius 2 is 1.85 bits per heavy atom. The zero-order valence-electron chi connectivity index (χ0n) is 7.99. The van der Waals surface area contributed by atoms with E-state index in [0.717, 1.165) is 0 Å². The van der Waals surface area contributed by atoms with E-state index in [4.69, 9.17) is 5.26 Å². The molecule has 0 spiro atoms. The van der Waals surface area contributed by atoms with E-state index in [1.165, 1.54) is 5.56 Å². The number of hydrogen-bond acceptors (Lipinski definition) is 2. The molecule has 13 heavy (non-hydrogen) atoms. The largest absolute Gasteiger partial charge is 0.296 e. The third-order valence-electron chi connectivity index (χ3n) is 1.99. The van der Waals surface area contributed by atoms with Crippen LogP contribution in [0.2, 0.25) is 0 Å². The topological polar surface area (TPSA) is 35.8 Å². The highest BCUT2D eigenvalue weighted by atomic mass is 14.9. The van der Waals surface area contributed by atoms with Crippen LogP contribution in [-0.4, -0.2) is 6.04 Å². The van der Waals surface area contributed by atoms with Gasteiger partial charge in [-0.3, -0.25) is 5.32 Å². The normalized spacial score (nSPS) is 14.5. The second-order valence-corrected chi connectivity index (χ2v) is 3.15. The molecule has 1 rings (SSSR count). The molecule has 0 saturated carbocycles. The molecule has 0 aliphatic heterocycles. The summed E-state index contributed by atoms with van der Waals surface area (Å²) in [6, 6.07) is 12.4. The van der Waals surface area contributed by atoms with Gasteiger partial charge in [0.25, 0.3) is 0 Å². The highest BCUT2D eigenvalue weighted by Crippen LogP contribution is 2.11. The molecule has 2 heteroatoms. The number of hydrogen-bond donors (Lipinski definition) is 1. The molecular weight excluding hydrogens is 160 g/mol. The van der Waals surface area contributed by atoms with Crippen LogP contribution < -0.4 is 5.32 Å². The van der Waals surface area contributed by atoms with Crippen LogP contribution in [-0.2, 0) is 0 Å². The molecule has 68 valence electrons. The summed E-state index contributed by atoms with van der Waals surface area (Å²) in [5.74, 6) is 0. The first kappa shape index (κ1) is 9.76. The standard InChI is InChI=1S/C11H14N2/c1-9(8-12)13-10(2)11-6-4-3-5-7-11/h3-7,9-10,13H,1-2H3/t9-,10+/m0/s1. The van der Waals surface area contributed by atoms with Gasteiger partial charge in [0, 0.05) is 6.04 Å². The number of nitrogens with zero attached hydrogens (tertiary/aromatic N) is 1. The molecule has 0 aliphatic rings. The van der Waals surface area contributed by atoms with Crippen molar-refractivity contribution in [2.24, 2.45) is 0 Å². The van der Waals surface area contributed by atoms with Crippen molar-refractivity contribution in [1.29, 1.82) is 5.26 Å². The summed E-state index contributed by atoms with van der Waals surface area (Å²) in [6.07, 6.45) is 0. The lowest BCUT2D eigenvalue weighted by Gasteiger charge is -2.15. The molecule has 0 saturated heterocycles. The van der Waals surface area contributed by atoms with Crippen molar-refractivity contribution in [3.05, 3.63) is 35.9 Å². The van der Waals surface area contributed by atoms with Gasteiger partial charge in [-0.1, -0.05) is 30.3 Å². The summed E-state index contributed by atoms with van der Waals surface area (Å²) in [6.45, 7) is 3.92. The van der Waals surface area contributed by atoms with Gasteiger partial charge in [0.1, 0.15) is 0 Å². The quantitative estimate of drug-likeness (QED) is 0.762. The number of benzene rings is 1. The molecule has 0 radical (unpaired) electrons. The number of nitrogens with one attached hydrogen (secondary N) is 1. The van der Waals surface area contributed by atoms with Crippen molar-refractivity contribution in [1.82, 2.24) is 5.32 Å². The summed E-state index contributed by atoms with van der Waals surface area (Å²) < 4.78 is 0. The number of nitriles is 1. The van der Waals surface area contributed by atoms with E-state index in [9.17, 15) is 0 Å². The van der Waals surface area contributed by atoms with Gasteiger partial charge in [-0.05, 0) is 19.4 Å². The van der Waals surface area contributed by atoms with E-state index in [2.05, 4.69) is 30.4 Å². The zero-order valence-corrected chi connectivity index (χ0v) is 7.99. The van der Waals surface area contributed by atoms with Crippen LogP contribution >= 0.6 is 0 Å². The Balaban J connectivity index is 2.60. The SMILES string of the molecule is C[C@@H](C#N)N[C@H](C)c1ccccc1. The van der Waals surface area contributed by atoms with Crippen LogP contribution in [0.25, 0.3) is 0 Å². The van der Waals surface area contributed by atoms with Gasteiger partial charge in [-0.15, -0.1) is 0 Å². The Kier molecular flexibility index (Phi) is 3.48. The van der Waals surface area contributed by atoms with E-state index >= 15 is 0 Å². The molecule has 1 aromatic rings. The fourth-order valence-corrected chi connectivity index (χ4v) is 1.25. The molecular formula is C11H14N2. The van der Waals surface area contributed by atoms with Crippen LogP contribution in [0.15, 0.2) is 30.3 Å². The second-order valence-electron chi connectivity index (χ2n) is 3.15. The summed E-state index contributed by atoms with van der Waals surface area (Å²) >= 11 is 0. The minimum absolute atomic E-state index is 0.102. The van der Waals surface area contributed by atoms with Gasteiger partial charge in [0.2, 0.25) is 0 Å². The van der Waals surface area contributed by atoms with Gasteiger partial charge in [-0.25, -0.2) is 0 Å². The minimum atomic E-state index is -0.102.